The fourth-order valence-corrected chi connectivity index (χ4v) is 1.97. The average Bonchev–Trinajstić information content (AvgIpc) is 2.77. The Morgan fingerprint density at radius 3 is 2.56 bits per heavy atom. The van der Waals surface area contributed by atoms with Gasteiger partial charge in [0, 0.05) is 13.0 Å². The number of hydrogen-bond donors (Lipinski definition) is 3. The minimum Gasteiger partial charge on any atom is -0.370 e. The third-order valence-electron chi connectivity index (χ3n) is 2.09. The normalized spacial score (nSPS) is 10.0. The minimum atomic E-state index is -0.570. The number of unbranched alkanes of at least 4 members (excludes halogenated alkanes) is 1. The standard InChI is InChI=1S/C10H15N5O2S/c11-8(17)7-5-15-9(18-7)6(16)3-1-2-4-14-10(12)13/h5H,1-4H2,(H2,11,17)(H4,12,13,14). The molecule has 7 nitrogen and oxygen atoms in total. The predicted octanol–water partition coefficient (Wildman–Crippen LogP) is -0.132. The molecule has 1 aromatic heterocycles. The molecule has 0 fully saturated rings. The number of hydrogen-bond acceptors (Lipinski definition) is 5. The van der Waals surface area contributed by atoms with Crippen molar-refractivity contribution in [2.24, 2.45) is 22.2 Å². The summed E-state index contributed by atoms with van der Waals surface area (Å²) >= 11 is 1.02. The Bertz CT molecular complexity index is 465. The largest absolute Gasteiger partial charge is 0.370 e. The summed E-state index contributed by atoms with van der Waals surface area (Å²) < 4.78 is 0. The predicted molar refractivity (Wildman–Crippen MR) is 69.5 cm³/mol. The van der Waals surface area contributed by atoms with Crippen molar-refractivity contribution in [3.8, 4) is 0 Å². The molecule has 0 saturated heterocycles. The van der Waals surface area contributed by atoms with Crippen LogP contribution in [0, 0.1) is 0 Å². The van der Waals surface area contributed by atoms with Gasteiger partial charge in [0.25, 0.3) is 5.91 Å². The van der Waals surface area contributed by atoms with Crippen molar-refractivity contribution in [2.75, 3.05) is 6.54 Å². The zero-order valence-corrected chi connectivity index (χ0v) is 10.6. The van der Waals surface area contributed by atoms with Gasteiger partial charge >= 0.3 is 0 Å². The molecule has 1 heterocycles. The van der Waals surface area contributed by atoms with E-state index in [-0.39, 0.29) is 11.7 Å². The van der Waals surface area contributed by atoms with Crippen LogP contribution in [-0.2, 0) is 0 Å². The molecule has 0 aromatic carbocycles. The van der Waals surface area contributed by atoms with Crippen LogP contribution in [0.3, 0.4) is 0 Å². The van der Waals surface area contributed by atoms with Crippen LogP contribution in [0.1, 0.15) is 38.7 Å². The Kier molecular flexibility index (Phi) is 5.25. The van der Waals surface area contributed by atoms with E-state index < -0.39 is 5.91 Å². The lowest BCUT2D eigenvalue weighted by Gasteiger charge is -1.96. The van der Waals surface area contributed by atoms with Crippen LogP contribution in [0.4, 0.5) is 0 Å². The van der Waals surface area contributed by atoms with E-state index in [1.54, 1.807) is 0 Å². The highest BCUT2D eigenvalue weighted by molar-refractivity contribution is 7.15. The van der Waals surface area contributed by atoms with Crippen LogP contribution in [0.5, 0.6) is 0 Å². The molecule has 1 amide bonds. The van der Waals surface area contributed by atoms with E-state index in [0.717, 1.165) is 17.8 Å². The molecule has 0 bridgehead atoms. The number of carbonyl (C=O) groups is 2. The first-order valence-corrected chi connectivity index (χ1v) is 6.16. The van der Waals surface area contributed by atoms with Crippen LogP contribution >= 0.6 is 11.3 Å². The highest BCUT2D eigenvalue weighted by Gasteiger charge is 2.13. The number of aliphatic imine (C=N–C) groups is 1. The number of nitrogens with two attached hydrogens (primary N) is 3. The fraction of sp³-hybridized carbons (Fsp3) is 0.400. The Morgan fingerprint density at radius 1 is 1.28 bits per heavy atom. The lowest BCUT2D eigenvalue weighted by atomic mass is 10.2. The van der Waals surface area contributed by atoms with E-state index in [1.165, 1.54) is 6.20 Å². The van der Waals surface area contributed by atoms with Crippen molar-refractivity contribution in [1.29, 1.82) is 0 Å². The van der Waals surface area contributed by atoms with Crippen molar-refractivity contribution in [1.82, 2.24) is 4.98 Å². The number of ketones is 1. The van der Waals surface area contributed by atoms with E-state index in [0.29, 0.717) is 29.3 Å². The summed E-state index contributed by atoms with van der Waals surface area (Å²) in [4.78, 5) is 30.5. The molecule has 98 valence electrons. The number of nitrogens with zero attached hydrogens (tertiary/aromatic N) is 2. The first kappa shape index (κ1) is 14.1. The second-order valence-electron chi connectivity index (χ2n) is 3.58. The molecule has 0 aliphatic rings. The number of rotatable bonds is 7. The first-order chi connectivity index (χ1) is 8.50. The average molecular weight is 269 g/mol. The van der Waals surface area contributed by atoms with Gasteiger partial charge in [0.1, 0.15) is 4.88 Å². The Morgan fingerprint density at radius 2 is 2.00 bits per heavy atom. The van der Waals surface area contributed by atoms with Gasteiger partial charge in [-0.15, -0.1) is 11.3 Å². The number of aromatic nitrogens is 1. The molecule has 0 atom stereocenters. The summed E-state index contributed by atoms with van der Waals surface area (Å²) in [6.07, 6.45) is 3.06. The summed E-state index contributed by atoms with van der Waals surface area (Å²) in [5, 5.41) is 0.311. The van der Waals surface area contributed by atoms with E-state index >= 15 is 0 Å². The Balaban J connectivity index is 2.36. The maximum atomic E-state index is 11.7. The van der Waals surface area contributed by atoms with E-state index in [1.807, 2.05) is 0 Å². The molecule has 1 aromatic rings. The van der Waals surface area contributed by atoms with Gasteiger partial charge in [-0.1, -0.05) is 0 Å². The number of amides is 1. The fourth-order valence-electron chi connectivity index (χ4n) is 1.23. The zero-order chi connectivity index (χ0) is 13.5. The van der Waals surface area contributed by atoms with Crippen molar-refractivity contribution in [2.45, 2.75) is 19.3 Å². The smallest absolute Gasteiger partial charge is 0.260 e. The lowest BCUT2D eigenvalue weighted by Crippen LogP contribution is -2.22. The van der Waals surface area contributed by atoms with Gasteiger partial charge < -0.3 is 17.2 Å². The summed E-state index contributed by atoms with van der Waals surface area (Å²) in [6, 6.07) is 0. The summed E-state index contributed by atoms with van der Waals surface area (Å²) in [5.74, 6) is -0.621. The molecule has 0 aliphatic carbocycles. The molecule has 6 N–H and O–H groups in total. The van der Waals surface area contributed by atoms with E-state index in [2.05, 4.69) is 9.98 Å². The van der Waals surface area contributed by atoms with E-state index in [9.17, 15) is 9.59 Å². The van der Waals surface area contributed by atoms with Gasteiger partial charge in [0.05, 0.1) is 6.20 Å². The molecule has 0 saturated carbocycles. The maximum Gasteiger partial charge on any atom is 0.260 e. The number of guanidine groups is 1. The van der Waals surface area contributed by atoms with E-state index in [4.69, 9.17) is 17.2 Å². The maximum absolute atomic E-state index is 11.7. The highest BCUT2D eigenvalue weighted by atomic mass is 32.1. The van der Waals surface area contributed by atoms with Gasteiger partial charge in [-0.2, -0.15) is 0 Å². The van der Waals surface area contributed by atoms with Crippen LogP contribution in [0.15, 0.2) is 11.2 Å². The molecule has 0 spiro atoms. The number of Topliss-reactive ketones (excluding diaryl/α,β-unsaturated/α-hetero) is 1. The summed E-state index contributed by atoms with van der Waals surface area (Å²) in [6.45, 7) is 0.500. The molecule has 0 aliphatic heterocycles. The third kappa shape index (κ3) is 4.50. The summed E-state index contributed by atoms with van der Waals surface area (Å²) in [5.41, 5.74) is 15.4. The van der Waals surface area contributed by atoms with Crippen molar-refractivity contribution < 1.29 is 9.59 Å². The molecule has 1 rings (SSSR count). The van der Waals surface area contributed by atoms with Crippen LogP contribution < -0.4 is 17.2 Å². The monoisotopic (exact) mass is 269 g/mol. The SMILES string of the molecule is NC(=O)c1cnc(C(=O)CCCCN=C(N)N)s1. The van der Waals surface area contributed by atoms with Gasteiger partial charge in [-0.25, -0.2) is 4.98 Å². The number of thiazole rings is 1. The second-order valence-corrected chi connectivity index (χ2v) is 4.61. The van der Waals surface area contributed by atoms with Crippen molar-refractivity contribution >= 4 is 29.0 Å². The molecule has 0 radical (unpaired) electrons. The van der Waals surface area contributed by atoms with Gasteiger partial charge in [0.15, 0.2) is 16.8 Å². The summed E-state index contributed by atoms with van der Waals surface area (Å²) in [7, 11) is 0. The third-order valence-corrected chi connectivity index (χ3v) is 3.15. The highest BCUT2D eigenvalue weighted by Crippen LogP contribution is 2.15. The molecule has 0 unspecified atom stereocenters. The van der Waals surface area contributed by atoms with Gasteiger partial charge in [-0.05, 0) is 12.8 Å². The van der Waals surface area contributed by atoms with Crippen molar-refractivity contribution in [3.63, 3.8) is 0 Å². The molecular weight excluding hydrogens is 254 g/mol. The van der Waals surface area contributed by atoms with Crippen molar-refractivity contribution in [3.05, 3.63) is 16.1 Å². The van der Waals surface area contributed by atoms with Gasteiger partial charge in [0.2, 0.25) is 0 Å². The molecular formula is C10H15N5O2S. The molecule has 8 heteroatoms. The zero-order valence-electron chi connectivity index (χ0n) is 9.76. The van der Waals surface area contributed by atoms with Crippen LogP contribution in [0.25, 0.3) is 0 Å². The van der Waals surface area contributed by atoms with Crippen LogP contribution in [0.2, 0.25) is 0 Å². The lowest BCUT2D eigenvalue weighted by molar-refractivity contribution is 0.0977. The number of primary amides is 1. The Labute approximate surface area is 108 Å². The van der Waals surface area contributed by atoms with Crippen LogP contribution in [-0.4, -0.2) is 29.2 Å². The minimum absolute atomic E-state index is 0.0485. The quantitative estimate of drug-likeness (QED) is 0.274. The topological polar surface area (TPSA) is 137 Å². The second kappa shape index (κ2) is 6.70. The number of carbonyl (C=O) groups excluding carboxylic acids is 2. The molecule has 18 heavy (non-hydrogen) atoms. The Hall–Kier alpha value is -1.96. The first-order valence-electron chi connectivity index (χ1n) is 5.35. The van der Waals surface area contributed by atoms with Gasteiger partial charge in [-0.3, -0.25) is 14.6 Å².